The third-order valence-electron chi connectivity index (χ3n) is 3.97. The van der Waals surface area contributed by atoms with Gasteiger partial charge in [0.15, 0.2) is 0 Å². The fourth-order valence-corrected chi connectivity index (χ4v) is 2.78. The lowest BCUT2D eigenvalue weighted by Crippen LogP contribution is -2.09. The van der Waals surface area contributed by atoms with E-state index in [4.69, 9.17) is 4.74 Å². The smallest absolute Gasteiger partial charge is 0.137 e. The number of hydrogen-bond donors (Lipinski definition) is 0. The molecule has 21 heavy (non-hydrogen) atoms. The molecule has 2 aromatic carbocycles. The predicted octanol–water partition coefficient (Wildman–Crippen LogP) is 4.10. The number of rotatable bonds is 3. The van der Waals surface area contributed by atoms with Gasteiger partial charge in [-0.3, -0.25) is 4.79 Å². The average Bonchev–Trinajstić information content (AvgIpc) is 2.50. The van der Waals surface area contributed by atoms with Crippen molar-refractivity contribution in [2.75, 3.05) is 0 Å². The molecular formula is C19H20O2. The van der Waals surface area contributed by atoms with E-state index in [0.717, 1.165) is 31.4 Å². The van der Waals surface area contributed by atoms with Crippen molar-refractivity contribution in [3.63, 3.8) is 0 Å². The standard InChI is InChI=1S/C19H20O2/c20-18-9-5-4-8-16-13-19(11-10-17(16)12-18)21-14-15-6-2-1-3-7-15/h1-3,6-7,10-11,13H,4-5,8-9,12,14H2. The van der Waals surface area contributed by atoms with Crippen molar-refractivity contribution in [3.05, 3.63) is 65.2 Å². The summed E-state index contributed by atoms with van der Waals surface area (Å²) in [7, 11) is 0. The van der Waals surface area contributed by atoms with Crippen LogP contribution in [0, 0.1) is 0 Å². The molecule has 1 aliphatic rings. The van der Waals surface area contributed by atoms with Crippen LogP contribution in [0.4, 0.5) is 0 Å². The maximum absolute atomic E-state index is 11.8. The van der Waals surface area contributed by atoms with Crippen molar-refractivity contribution in [1.29, 1.82) is 0 Å². The van der Waals surface area contributed by atoms with E-state index in [1.165, 1.54) is 16.7 Å². The SMILES string of the molecule is O=C1CCCCc2cc(OCc3ccccc3)ccc2C1. The van der Waals surface area contributed by atoms with Gasteiger partial charge in [-0.15, -0.1) is 0 Å². The van der Waals surface area contributed by atoms with Gasteiger partial charge in [0.2, 0.25) is 0 Å². The second-order valence-corrected chi connectivity index (χ2v) is 5.63. The quantitative estimate of drug-likeness (QED) is 0.846. The highest BCUT2D eigenvalue weighted by atomic mass is 16.5. The van der Waals surface area contributed by atoms with Gasteiger partial charge in [-0.05, 0) is 48.1 Å². The molecular weight excluding hydrogens is 260 g/mol. The molecule has 0 fully saturated rings. The van der Waals surface area contributed by atoms with Crippen molar-refractivity contribution in [2.24, 2.45) is 0 Å². The Kier molecular flexibility index (Phi) is 4.34. The Balaban J connectivity index is 1.72. The van der Waals surface area contributed by atoms with Crippen molar-refractivity contribution in [1.82, 2.24) is 0 Å². The van der Waals surface area contributed by atoms with Crippen molar-refractivity contribution < 1.29 is 9.53 Å². The van der Waals surface area contributed by atoms with Gasteiger partial charge in [-0.25, -0.2) is 0 Å². The maximum atomic E-state index is 11.8. The van der Waals surface area contributed by atoms with E-state index < -0.39 is 0 Å². The minimum Gasteiger partial charge on any atom is -0.489 e. The normalized spacial score (nSPS) is 15.0. The second kappa shape index (κ2) is 6.57. The molecule has 0 bridgehead atoms. The third kappa shape index (κ3) is 3.72. The molecule has 2 aromatic rings. The Morgan fingerprint density at radius 1 is 0.905 bits per heavy atom. The summed E-state index contributed by atoms with van der Waals surface area (Å²) in [6.07, 6.45) is 4.44. The molecule has 3 rings (SSSR count). The molecule has 0 atom stereocenters. The highest BCUT2D eigenvalue weighted by molar-refractivity contribution is 5.81. The molecule has 0 radical (unpaired) electrons. The van der Waals surface area contributed by atoms with E-state index in [2.05, 4.69) is 24.3 Å². The summed E-state index contributed by atoms with van der Waals surface area (Å²) in [5, 5.41) is 0. The Morgan fingerprint density at radius 2 is 1.71 bits per heavy atom. The zero-order chi connectivity index (χ0) is 14.5. The van der Waals surface area contributed by atoms with Gasteiger partial charge < -0.3 is 4.74 Å². The Hall–Kier alpha value is -2.09. The van der Waals surface area contributed by atoms with E-state index in [0.29, 0.717) is 18.8 Å². The molecule has 0 unspecified atom stereocenters. The van der Waals surface area contributed by atoms with Gasteiger partial charge in [0.1, 0.15) is 18.1 Å². The van der Waals surface area contributed by atoms with Gasteiger partial charge in [0, 0.05) is 12.8 Å². The van der Waals surface area contributed by atoms with E-state index in [1.54, 1.807) is 0 Å². The predicted molar refractivity (Wildman–Crippen MR) is 83.5 cm³/mol. The van der Waals surface area contributed by atoms with Gasteiger partial charge in [0.05, 0.1) is 0 Å². The highest BCUT2D eigenvalue weighted by Crippen LogP contribution is 2.24. The van der Waals surface area contributed by atoms with Crippen LogP contribution < -0.4 is 4.74 Å². The monoisotopic (exact) mass is 280 g/mol. The largest absolute Gasteiger partial charge is 0.489 e. The highest BCUT2D eigenvalue weighted by Gasteiger charge is 2.13. The first-order chi connectivity index (χ1) is 10.3. The molecule has 1 aliphatic carbocycles. The number of fused-ring (bicyclic) bond motifs is 1. The van der Waals surface area contributed by atoms with Crippen LogP contribution in [0.15, 0.2) is 48.5 Å². The number of Topliss-reactive ketones (excluding diaryl/α,β-unsaturated/α-hetero) is 1. The van der Waals surface area contributed by atoms with Crippen LogP contribution in [-0.2, 0) is 24.2 Å². The van der Waals surface area contributed by atoms with E-state index in [1.807, 2.05) is 24.3 Å². The fraction of sp³-hybridized carbons (Fsp3) is 0.316. The number of hydrogen-bond acceptors (Lipinski definition) is 2. The molecule has 0 saturated carbocycles. The molecule has 0 N–H and O–H groups in total. The third-order valence-corrected chi connectivity index (χ3v) is 3.97. The Bertz CT molecular complexity index is 617. The van der Waals surface area contributed by atoms with Crippen molar-refractivity contribution in [2.45, 2.75) is 38.7 Å². The van der Waals surface area contributed by atoms with E-state index in [-0.39, 0.29) is 0 Å². The first-order valence-electron chi connectivity index (χ1n) is 7.61. The summed E-state index contributed by atoms with van der Waals surface area (Å²) in [4.78, 5) is 11.8. The molecule has 0 heterocycles. The second-order valence-electron chi connectivity index (χ2n) is 5.63. The summed E-state index contributed by atoms with van der Waals surface area (Å²) in [6, 6.07) is 16.3. The fourth-order valence-electron chi connectivity index (χ4n) is 2.78. The van der Waals surface area contributed by atoms with E-state index in [9.17, 15) is 4.79 Å². The van der Waals surface area contributed by atoms with Crippen LogP contribution >= 0.6 is 0 Å². The van der Waals surface area contributed by atoms with E-state index >= 15 is 0 Å². The number of carbonyl (C=O) groups is 1. The van der Waals surface area contributed by atoms with Crippen LogP contribution in [-0.4, -0.2) is 5.78 Å². The molecule has 0 aromatic heterocycles. The van der Waals surface area contributed by atoms with Gasteiger partial charge >= 0.3 is 0 Å². The Labute approximate surface area is 125 Å². The summed E-state index contributed by atoms with van der Waals surface area (Å²) in [6.45, 7) is 0.582. The first-order valence-corrected chi connectivity index (χ1v) is 7.61. The van der Waals surface area contributed by atoms with Crippen molar-refractivity contribution in [3.8, 4) is 5.75 Å². The average molecular weight is 280 g/mol. The number of ketones is 1. The molecule has 0 amide bonds. The summed E-state index contributed by atoms with van der Waals surface area (Å²) in [5.74, 6) is 1.25. The lowest BCUT2D eigenvalue weighted by Gasteiger charge is -2.15. The first kappa shape index (κ1) is 13.9. The number of benzene rings is 2. The summed E-state index contributed by atoms with van der Waals surface area (Å²) < 4.78 is 5.87. The number of ether oxygens (including phenoxy) is 1. The molecule has 0 spiro atoms. The molecule has 0 saturated heterocycles. The summed E-state index contributed by atoms with van der Waals surface area (Å²) in [5.41, 5.74) is 3.61. The lowest BCUT2D eigenvalue weighted by atomic mass is 9.92. The number of carbonyl (C=O) groups excluding carboxylic acids is 1. The van der Waals surface area contributed by atoms with Crippen LogP contribution in [0.2, 0.25) is 0 Å². The zero-order valence-electron chi connectivity index (χ0n) is 12.2. The van der Waals surface area contributed by atoms with Gasteiger partial charge in [-0.1, -0.05) is 36.4 Å². The summed E-state index contributed by atoms with van der Waals surface area (Å²) >= 11 is 0. The van der Waals surface area contributed by atoms with Crippen LogP contribution in [0.3, 0.4) is 0 Å². The number of aryl methyl sites for hydroxylation is 1. The molecule has 2 nitrogen and oxygen atoms in total. The molecule has 0 aliphatic heterocycles. The lowest BCUT2D eigenvalue weighted by molar-refractivity contribution is -0.118. The topological polar surface area (TPSA) is 26.3 Å². The van der Waals surface area contributed by atoms with Crippen LogP contribution in [0.1, 0.15) is 36.0 Å². The zero-order valence-corrected chi connectivity index (χ0v) is 12.2. The minimum absolute atomic E-state index is 0.355. The Morgan fingerprint density at radius 3 is 2.57 bits per heavy atom. The molecule has 2 heteroatoms. The maximum Gasteiger partial charge on any atom is 0.137 e. The van der Waals surface area contributed by atoms with Gasteiger partial charge in [0.25, 0.3) is 0 Å². The minimum atomic E-state index is 0.355. The van der Waals surface area contributed by atoms with Crippen molar-refractivity contribution >= 4 is 5.78 Å². The van der Waals surface area contributed by atoms with Gasteiger partial charge in [-0.2, -0.15) is 0 Å². The molecule has 108 valence electrons. The van der Waals surface area contributed by atoms with Crippen LogP contribution in [0.5, 0.6) is 5.75 Å². The van der Waals surface area contributed by atoms with Crippen LogP contribution in [0.25, 0.3) is 0 Å².